The van der Waals surface area contributed by atoms with Crippen molar-refractivity contribution in [3.63, 3.8) is 0 Å². The van der Waals surface area contributed by atoms with E-state index in [1.165, 1.54) is 0 Å². The van der Waals surface area contributed by atoms with E-state index in [-0.39, 0.29) is 6.10 Å². The van der Waals surface area contributed by atoms with Gasteiger partial charge in [-0.05, 0) is 26.8 Å². The van der Waals surface area contributed by atoms with E-state index in [1.807, 2.05) is 20.2 Å². The standard InChI is InChI=1S/C15H22N6OS/c1-11-6-18-12(7-17-11)10-23-15-20-19-14(8-16-2)21(15)9-13-4-3-5-22-13/h6-7,13,16H,3-5,8-10H2,1-2H3. The Balaban J connectivity index is 1.70. The number of aryl methyl sites for hydroxylation is 1. The van der Waals surface area contributed by atoms with Crippen LogP contribution in [-0.4, -0.2) is 44.5 Å². The molecule has 0 radical (unpaired) electrons. The highest BCUT2D eigenvalue weighted by molar-refractivity contribution is 7.98. The summed E-state index contributed by atoms with van der Waals surface area (Å²) < 4.78 is 7.93. The first-order valence-corrected chi connectivity index (χ1v) is 8.83. The van der Waals surface area contributed by atoms with Crippen molar-refractivity contribution in [3.05, 3.63) is 29.6 Å². The van der Waals surface area contributed by atoms with E-state index in [9.17, 15) is 0 Å². The summed E-state index contributed by atoms with van der Waals surface area (Å²) in [6.07, 6.45) is 6.11. The number of thioether (sulfide) groups is 1. The Bertz CT molecular complexity index is 623. The first-order valence-electron chi connectivity index (χ1n) is 7.85. The molecule has 124 valence electrons. The smallest absolute Gasteiger partial charge is 0.191 e. The molecule has 2 aromatic heterocycles. The molecule has 0 bridgehead atoms. The lowest BCUT2D eigenvalue weighted by atomic mass is 10.2. The van der Waals surface area contributed by atoms with Crippen LogP contribution in [0.3, 0.4) is 0 Å². The molecule has 1 unspecified atom stereocenters. The average Bonchev–Trinajstić information content (AvgIpc) is 3.19. The minimum Gasteiger partial charge on any atom is -0.376 e. The highest BCUT2D eigenvalue weighted by Crippen LogP contribution is 2.23. The minimum atomic E-state index is 0.264. The van der Waals surface area contributed by atoms with E-state index in [2.05, 4.69) is 30.0 Å². The predicted molar refractivity (Wildman–Crippen MR) is 88.1 cm³/mol. The van der Waals surface area contributed by atoms with E-state index in [1.54, 1.807) is 18.0 Å². The van der Waals surface area contributed by atoms with Gasteiger partial charge in [-0.3, -0.25) is 9.97 Å². The van der Waals surface area contributed by atoms with Crippen molar-refractivity contribution in [1.29, 1.82) is 0 Å². The van der Waals surface area contributed by atoms with Crippen molar-refractivity contribution in [2.75, 3.05) is 13.7 Å². The number of nitrogens with zero attached hydrogens (tertiary/aromatic N) is 5. The summed E-state index contributed by atoms with van der Waals surface area (Å²) in [4.78, 5) is 8.67. The SMILES string of the molecule is CNCc1nnc(SCc2cnc(C)cn2)n1CC1CCCO1. The molecular weight excluding hydrogens is 312 g/mol. The molecule has 3 heterocycles. The number of aromatic nitrogens is 5. The van der Waals surface area contributed by atoms with Crippen LogP contribution in [-0.2, 0) is 23.6 Å². The second kappa shape index (κ2) is 7.85. The lowest BCUT2D eigenvalue weighted by Gasteiger charge is -2.14. The number of ether oxygens (including phenoxy) is 1. The molecule has 23 heavy (non-hydrogen) atoms. The molecule has 7 nitrogen and oxygen atoms in total. The molecular formula is C15H22N6OS. The van der Waals surface area contributed by atoms with E-state index in [4.69, 9.17) is 4.74 Å². The van der Waals surface area contributed by atoms with Gasteiger partial charge in [0.1, 0.15) is 5.82 Å². The number of hydrogen-bond donors (Lipinski definition) is 1. The van der Waals surface area contributed by atoms with Crippen LogP contribution < -0.4 is 5.32 Å². The molecule has 1 fully saturated rings. The third kappa shape index (κ3) is 4.27. The van der Waals surface area contributed by atoms with Gasteiger partial charge in [-0.2, -0.15) is 0 Å². The van der Waals surface area contributed by atoms with Crippen molar-refractivity contribution < 1.29 is 4.74 Å². The fraction of sp³-hybridized carbons (Fsp3) is 0.600. The van der Waals surface area contributed by atoms with Crippen LogP contribution >= 0.6 is 11.8 Å². The molecule has 1 aliphatic heterocycles. The molecule has 1 saturated heterocycles. The summed E-state index contributed by atoms with van der Waals surface area (Å²) >= 11 is 1.64. The van der Waals surface area contributed by atoms with E-state index >= 15 is 0 Å². The second-order valence-corrected chi connectivity index (χ2v) is 6.56. The normalized spacial score (nSPS) is 17.7. The van der Waals surface area contributed by atoms with Gasteiger partial charge in [-0.1, -0.05) is 11.8 Å². The van der Waals surface area contributed by atoms with Gasteiger partial charge in [0.2, 0.25) is 0 Å². The molecule has 1 N–H and O–H groups in total. The van der Waals surface area contributed by atoms with Crippen molar-refractivity contribution in [2.45, 2.75) is 49.9 Å². The molecule has 0 amide bonds. The molecule has 0 saturated carbocycles. The topological polar surface area (TPSA) is 77.8 Å². The Morgan fingerprint density at radius 2 is 2.26 bits per heavy atom. The van der Waals surface area contributed by atoms with Gasteiger partial charge in [0.05, 0.1) is 30.6 Å². The summed E-state index contributed by atoms with van der Waals surface area (Å²) in [5, 5.41) is 12.7. The second-order valence-electron chi connectivity index (χ2n) is 5.61. The van der Waals surface area contributed by atoms with Crippen LogP contribution in [0.4, 0.5) is 0 Å². The predicted octanol–water partition coefficient (Wildman–Crippen LogP) is 1.57. The fourth-order valence-electron chi connectivity index (χ4n) is 2.52. The zero-order valence-corrected chi connectivity index (χ0v) is 14.3. The first-order chi connectivity index (χ1) is 11.3. The maximum absolute atomic E-state index is 5.76. The molecule has 0 aromatic carbocycles. The number of rotatable bonds is 7. The van der Waals surface area contributed by atoms with Crippen LogP contribution in [0.1, 0.15) is 30.1 Å². The van der Waals surface area contributed by atoms with Crippen LogP contribution in [0.15, 0.2) is 17.6 Å². The van der Waals surface area contributed by atoms with Gasteiger partial charge in [0.15, 0.2) is 5.16 Å². The van der Waals surface area contributed by atoms with E-state index in [0.29, 0.717) is 6.54 Å². The zero-order chi connectivity index (χ0) is 16.1. The van der Waals surface area contributed by atoms with Crippen LogP contribution in [0.5, 0.6) is 0 Å². The third-order valence-corrected chi connectivity index (χ3v) is 4.72. The van der Waals surface area contributed by atoms with E-state index in [0.717, 1.165) is 54.1 Å². The summed E-state index contributed by atoms with van der Waals surface area (Å²) in [5.41, 5.74) is 1.87. The molecule has 0 spiro atoms. The van der Waals surface area contributed by atoms with Crippen molar-refractivity contribution in [2.24, 2.45) is 0 Å². The van der Waals surface area contributed by atoms with Crippen LogP contribution in [0.2, 0.25) is 0 Å². The molecule has 3 rings (SSSR count). The van der Waals surface area contributed by atoms with Crippen LogP contribution in [0, 0.1) is 6.92 Å². The fourth-order valence-corrected chi connectivity index (χ4v) is 3.38. The Kier molecular flexibility index (Phi) is 5.58. The van der Waals surface area contributed by atoms with Gasteiger partial charge in [-0.15, -0.1) is 10.2 Å². The summed E-state index contributed by atoms with van der Waals surface area (Å²) in [6.45, 7) is 4.30. The first kappa shape index (κ1) is 16.4. The van der Waals surface area contributed by atoms with Gasteiger partial charge >= 0.3 is 0 Å². The van der Waals surface area contributed by atoms with Gasteiger partial charge in [-0.25, -0.2) is 0 Å². The quantitative estimate of drug-likeness (QED) is 0.770. The monoisotopic (exact) mass is 334 g/mol. The number of hydrogen-bond acceptors (Lipinski definition) is 7. The molecule has 1 aliphatic rings. The molecule has 8 heteroatoms. The lowest BCUT2D eigenvalue weighted by molar-refractivity contribution is 0.0941. The average molecular weight is 334 g/mol. The van der Waals surface area contributed by atoms with Gasteiger partial charge in [0, 0.05) is 24.8 Å². The Morgan fingerprint density at radius 3 is 2.96 bits per heavy atom. The van der Waals surface area contributed by atoms with Crippen molar-refractivity contribution >= 4 is 11.8 Å². The highest BCUT2D eigenvalue weighted by atomic mass is 32.2. The minimum absolute atomic E-state index is 0.264. The molecule has 1 atom stereocenters. The Morgan fingerprint density at radius 1 is 1.35 bits per heavy atom. The highest BCUT2D eigenvalue weighted by Gasteiger charge is 2.20. The third-order valence-electron chi connectivity index (χ3n) is 3.72. The zero-order valence-electron chi connectivity index (χ0n) is 13.5. The lowest BCUT2D eigenvalue weighted by Crippen LogP contribution is -2.20. The molecule has 0 aliphatic carbocycles. The summed E-state index contributed by atoms with van der Waals surface area (Å²) in [7, 11) is 1.92. The maximum atomic E-state index is 5.76. The van der Waals surface area contributed by atoms with Crippen molar-refractivity contribution in [1.82, 2.24) is 30.0 Å². The number of nitrogens with one attached hydrogen (secondary N) is 1. The largest absolute Gasteiger partial charge is 0.376 e. The summed E-state index contributed by atoms with van der Waals surface area (Å²) in [5.74, 6) is 1.68. The maximum Gasteiger partial charge on any atom is 0.191 e. The van der Waals surface area contributed by atoms with Crippen LogP contribution in [0.25, 0.3) is 0 Å². The Labute approximate surface area is 140 Å². The van der Waals surface area contributed by atoms with Crippen molar-refractivity contribution in [3.8, 4) is 0 Å². The van der Waals surface area contributed by atoms with Gasteiger partial charge < -0.3 is 14.6 Å². The Hall–Kier alpha value is -1.51. The summed E-state index contributed by atoms with van der Waals surface area (Å²) in [6, 6.07) is 0. The van der Waals surface area contributed by atoms with E-state index < -0.39 is 0 Å². The molecule has 2 aromatic rings. The van der Waals surface area contributed by atoms with Gasteiger partial charge in [0.25, 0.3) is 0 Å².